The zero-order valence-electron chi connectivity index (χ0n) is 11.2. The van der Waals surface area contributed by atoms with Gasteiger partial charge < -0.3 is 21.9 Å². The van der Waals surface area contributed by atoms with E-state index in [1.54, 1.807) is 6.92 Å². The van der Waals surface area contributed by atoms with Gasteiger partial charge in [0.2, 0.25) is 0 Å². The maximum absolute atomic E-state index is 10.8. The van der Waals surface area contributed by atoms with Crippen LogP contribution in [0.25, 0.3) is 0 Å². The van der Waals surface area contributed by atoms with E-state index >= 15 is 0 Å². The summed E-state index contributed by atoms with van der Waals surface area (Å²) in [6.07, 6.45) is -0.122. The molecule has 0 aliphatic heterocycles. The maximum atomic E-state index is 10.8. The van der Waals surface area contributed by atoms with Crippen molar-refractivity contribution in [3.8, 4) is 0 Å². The summed E-state index contributed by atoms with van der Waals surface area (Å²) in [5, 5.41) is 16.3. The quantitative estimate of drug-likeness (QED) is 0.269. The topological polar surface area (TPSA) is 83.8 Å². The third-order valence-corrected chi connectivity index (χ3v) is 1.44. The van der Waals surface area contributed by atoms with Crippen LogP contribution in [-0.2, 0) is 14.3 Å². The summed E-state index contributed by atoms with van der Waals surface area (Å²) in [5.41, 5.74) is 0.520. The van der Waals surface area contributed by atoms with Gasteiger partial charge in [-0.3, -0.25) is 0 Å². The van der Waals surface area contributed by atoms with Crippen molar-refractivity contribution in [1.29, 1.82) is 0 Å². The zero-order chi connectivity index (χ0) is 14.0. The molecule has 6 heteroatoms. The van der Waals surface area contributed by atoms with Crippen molar-refractivity contribution in [2.75, 3.05) is 6.61 Å². The molecule has 0 bridgehead atoms. The van der Waals surface area contributed by atoms with Gasteiger partial charge >= 0.3 is 41.5 Å². The van der Waals surface area contributed by atoms with Crippen molar-refractivity contribution in [2.24, 2.45) is 0 Å². The first-order valence-corrected chi connectivity index (χ1v) is 4.91. The van der Waals surface area contributed by atoms with E-state index in [2.05, 4.69) is 20.1 Å². The number of carboxylic acids is 1. The Morgan fingerprint density at radius 2 is 1.67 bits per heavy atom. The number of carbonyl (C=O) groups is 2. The van der Waals surface area contributed by atoms with Crippen LogP contribution in [0.1, 0.15) is 20.3 Å². The van der Waals surface area contributed by atoms with Crippen LogP contribution in [-0.4, -0.2) is 34.9 Å². The molecule has 0 aromatic carbocycles. The number of esters is 1. The van der Waals surface area contributed by atoms with Gasteiger partial charge in [-0.15, -0.1) is 0 Å². The third-order valence-electron chi connectivity index (χ3n) is 1.44. The Bertz CT molecular complexity index is 287. The number of hydrogen-bond donors (Lipinski definition) is 2. The number of aliphatic hydroxyl groups excluding tert-OH is 1. The molecule has 18 heavy (non-hydrogen) atoms. The smallest absolute Gasteiger partial charge is 0.492 e. The fourth-order valence-corrected chi connectivity index (χ4v) is 0.455. The molecule has 0 aliphatic carbocycles. The fraction of sp³-hybridized carbons (Fsp3) is 0.417. The number of hydrogen-bond acceptors (Lipinski definition) is 4. The molecule has 0 aliphatic rings. The van der Waals surface area contributed by atoms with E-state index in [0.717, 1.165) is 0 Å². The van der Waals surface area contributed by atoms with Gasteiger partial charge in [0.25, 0.3) is 0 Å². The molecular formula is C12H19NaO5. The van der Waals surface area contributed by atoms with Crippen LogP contribution in [0, 0.1) is 6.92 Å². The molecule has 0 radical (unpaired) electrons. The summed E-state index contributed by atoms with van der Waals surface area (Å²) in [4.78, 5) is 20.4. The summed E-state index contributed by atoms with van der Waals surface area (Å²) >= 11 is 0. The van der Waals surface area contributed by atoms with Crippen molar-refractivity contribution >= 4 is 11.9 Å². The first-order valence-electron chi connectivity index (χ1n) is 4.91. The molecule has 0 saturated heterocycles. The Morgan fingerprint density at radius 1 is 1.28 bits per heavy atom. The summed E-state index contributed by atoms with van der Waals surface area (Å²) in [7, 11) is 0. The van der Waals surface area contributed by atoms with Crippen molar-refractivity contribution < 1.29 is 54.1 Å². The normalized spacial score (nSPS) is 10.0. The number of ether oxygens (including phenoxy) is 1. The van der Waals surface area contributed by atoms with Gasteiger partial charge in [-0.05, 0) is 26.4 Å². The van der Waals surface area contributed by atoms with Gasteiger partial charge in [-0.2, -0.15) is 0 Å². The molecule has 0 aromatic rings. The van der Waals surface area contributed by atoms with Crippen LogP contribution in [0.4, 0.5) is 0 Å². The van der Waals surface area contributed by atoms with Crippen LogP contribution < -0.4 is 29.6 Å². The van der Waals surface area contributed by atoms with E-state index in [1.165, 1.54) is 6.92 Å². The molecule has 5 nitrogen and oxygen atoms in total. The van der Waals surface area contributed by atoms with Gasteiger partial charge in [-0.25, -0.2) is 9.59 Å². The van der Waals surface area contributed by atoms with Crippen LogP contribution in [0.5, 0.6) is 0 Å². The second-order valence-corrected chi connectivity index (χ2v) is 3.41. The standard InChI is InChI=1S/C8H13O3.C4H6O2.Na/c1-6(2)8(10)11-7(3)4-5-9;1-3(2)4(5)6;/h7,9H,1,3-5H2,2H3;1H2,2H3,(H,5,6);/q-1;;+1. The minimum Gasteiger partial charge on any atom is -0.492 e. The summed E-state index contributed by atoms with van der Waals surface area (Å²) in [5.74, 6) is -1.39. The molecule has 0 spiro atoms. The second-order valence-electron chi connectivity index (χ2n) is 3.41. The molecule has 0 amide bonds. The number of carboxylic acid groups (broad SMARTS) is 1. The number of carbonyl (C=O) groups excluding carboxylic acids is 1. The number of aliphatic hydroxyl groups is 1. The first-order chi connectivity index (χ1) is 7.72. The van der Waals surface area contributed by atoms with Gasteiger partial charge in [0, 0.05) is 17.8 Å². The first kappa shape index (κ1) is 22.6. The predicted octanol–water partition coefficient (Wildman–Crippen LogP) is -1.66. The van der Waals surface area contributed by atoms with Gasteiger partial charge in [-0.1, -0.05) is 13.2 Å². The number of aliphatic carboxylic acids is 1. The molecule has 0 saturated carbocycles. The summed E-state index contributed by atoms with van der Waals surface area (Å²) < 4.78 is 4.74. The SMILES string of the molecule is C=C(C)C(=O)O.C=C(C)C(=O)OC([CH2-])CCO.[Na+]. The molecule has 2 N–H and O–H groups in total. The van der Waals surface area contributed by atoms with E-state index < -0.39 is 18.0 Å². The van der Waals surface area contributed by atoms with E-state index in [9.17, 15) is 9.59 Å². The molecule has 0 rings (SSSR count). The number of rotatable bonds is 5. The zero-order valence-corrected chi connectivity index (χ0v) is 13.2. The third kappa shape index (κ3) is 15.4. The van der Waals surface area contributed by atoms with Crippen molar-refractivity contribution in [2.45, 2.75) is 26.4 Å². The Kier molecular flexibility index (Phi) is 16.1. The van der Waals surface area contributed by atoms with Crippen LogP contribution in [0.15, 0.2) is 24.3 Å². The Labute approximate surface area is 130 Å². The van der Waals surface area contributed by atoms with Crippen molar-refractivity contribution in [1.82, 2.24) is 0 Å². The largest absolute Gasteiger partial charge is 1.00 e. The molecule has 1 atom stereocenters. The van der Waals surface area contributed by atoms with Crippen LogP contribution in [0.3, 0.4) is 0 Å². The van der Waals surface area contributed by atoms with Crippen molar-refractivity contribution in [3.05, 3.63) is 31.2 Å². The molecule has 1 unspecified atom stereocenters. The average molecular weight is 266 g/mol. The molecule has 98 valence electrons. The molecular weight excluding hydrogens is 247 g/mol. The molecule has 0 fully saturated rings. The maximum Gasteiger partial charge on any atom is 1.00 e. The minimum absolute atomic E-state index is 0. The second kappa shape index (κ2) is 12.8. The van der Waals surface area contributed by atoms with Gasteiger partial charge in [0.1, 0.15) is 0 Å². The Morgan fingerprint density at radius 3 is 1.89 bits per heavy atom. The average Bonchev–Trinajstić information content (AvgIpc) is 2.18. The monoisotopic (exact) mass is 266 g/mol. The van der Waals surface area contributed by atoms with E-state index in [4.69, 9.17) is 14.9 Å². The van der Waals surface area contributed by atoms with E-state index in [0.29, 0.717) is 12.0 Å². The van der Waals surface area contributed by atoms with Crippen molar-refractivity contribution in [3.63, 3.8) is 0 Å². The fourth-order valence-electron chi connectivity index (χ4n) is 0.455. The summed E-state index contributed by atoms with van der Waals surface area (Å²) in [6.45, 7) is 13.0. The molecule has 0 aromatic heterocycles. The molecule has 0 heterocycles. The van der Waals surface area contributed by atoms with E-state index in [-0.39, 0.29) is 41.7 Å². The predicted molar refractivity (Wildman–Crippen MR) is 64.2 cm³/mol. The van der Waals surface area contributed by atoms with E-state index in [1.807, 2.05) is 0 Å². The Hall–Kier alpha value is -0.620. The van der Waals surface area contributed by atoms with Crippen LogP contribution in [0.2, 0.25) is 0 Å². The van der Waals surface area contributed by atoms with Gasteiger partial charge in [0.05, 0.1) is 0 Å². The minimum atomic E-state index is -0.935. The summed E-state index contributed by atoms with van der Waals surface area (Å²) in [6, 6.07) is 0. The Balaban J connectivity index is -0.000000277. The van der Waals surface area contributed by atoms with Gasteiger partial charge in [0.15, 0.2) is 0 Å². The van der Waals surface area contributed by atoms with Crippen LogP contribution >= 0.6 is 0 Å².